The number of allylic oxidation sites excluding steroid dienone is 1. The fourth-order valence-corrected chi connectivity index (χ4v) is 7.33. The van der Waals surface area contributed by atoms with Crippen LogP contribution in [0.15, 0.2) is 47.9 Å². The summed E-state index contributed by atoms with van der Waals surface area (Å²) in [5.74, 6) is 1.20. The second-order valence-electron chi connectivity index (χ2n) is 9.82. The lowest BCUT2D eigenvalue weighted by Gasteiger charge is -2.28. The number of likely N-dealkylation sites (tertiary alicyclic amines) is 1. The van der Waals surface area contributed by atoms with Crippen LogP contribution in [0.2, 0.25) is 0 Å². The summed E-state index contributed by atoms with van der Waals surface area (Å²) in [5.41, 5.74) is 3.33. The van der Waals surface area contributed by atoms with Crippen LogP contribution in [0.4, 0.5) is 5.82 Å². The number of anilines is 1. The third kappa shape index (κ3) is 4.78. The van der Waals surface area contributed by atoms with Crippen LogP contribution in [0, 0.1) is 0 Å². The molecule has 2 aromatic rings. The summed E-state index contributed by atoms with van der Waals surface area (Å²) in [6, 6.07) is 6.65. The molecular formula is C26H35N5O2S. The van der Waals surface area contributed by atoms with Gasteiger partial charge in [-0.3, -0.25) is 0 Å². The van der Waals surface area contributed by atoms with Crippen LogP contribution in [0.3, 0.4) is 0 Å². The quantitative estimate of drug-likeness (QED) is 0.627. The number of hydrogen-bond acceptors (Lipinski definition) is 6. The molecule has 34 heavy (non-hydrogen) atoms. The zero-order valence-corrected chi connectivity index (χ0v) is 21.0. The predicted molar refractivity (Wildman–Crippen MR) is 136 cm³/mol. The minimum Gasteiger partial charge on any atom is -0.372 e. The average molecular weight is 482 g/mol. The molecule has 3 aliphatic rings. The smallest absolute Gasteiger partial charge is 0.153 e. The minimum absolute atomic E-state index is 0.0187. The molecule has 2 aromatic heterocycles. The van der Waals surface area contributed by atoms with Crippen LogP contribution in [0.25, 0.3) is 5.70 Å². The topological polar surface area (TPSA) is 81.7 Å². The monoisotopic (exact) mass is 481 g/mol. The summed E-state index contributed by atoms with van der Waals surface area (Å²) >= 11 is 0. The van der Waals surface area contributed by atoms with Gasteiger partial charge in [0, 0.05) is 55.7 Å². The Morgan fingerprint density at radius 2 is 2.09 bits per heavy atom. The molecule has 2 unspecified atom stereocenters. The van der Waals surface area contributed by atoms with E-state index in [4.69, 9.17) is 4.98 Å². The van der Waals surface area contributed by atoms with Crippen molar-refractivity contribution in [3.05, 3.63) is 59.1 Å². The van der Waals surface area contributed by atoms with E-state index in [1.54, 1.807) is 0 Å². The Balaban J connectivity index is 1.28. The van der Waals surface area contributed by atoms with E-state index in [0.717, 1.165) is 68.5 Å². The Hall–Kier alpha value is -2.61. The van der Waals surface area contributed by atoms with E-state index < -0.39 is 9.84 Å². The minimum atomic E-state index is -2.98. The van der Waals surface area contributed by atoms with E-state index in [0.29, 0.717) is 6.04 Å². The van der Waals surface area contributed by atoms with Crippen molar-refractivity contribution in [2.24, 2.45) is 4.99 Å². The molecule has 0 amide bonds. The number of sulfone groups is 1. The first-order chi connectivity index (χ1) is 16.5. The lowest BCUT2D eigenvalue weighted by Crippen LogP contribution is -2.37. The van der Waals surface area contributed by atoms with Gasteiger partial charge >= 0.3 is 0 Å². The maximum atomic E-state index is 12.5. The van der Waals surface area contributed by atoms with Crippen LogP contribution >= 0.6 is 0 Å². The molecule has 1 saturated carbocycles. The molecule has 0 spiro atoms. The SMILES string of the molecule is CCC(CS(=O)(=O)C1CC1)c1ccc(N(C)C2CCN(C3=c4cc[nH]c4=NC=CCC3)C2)nc1. The number of aromatic nitrogens is 2. The van der Waals surface area contributed by atoms with Crippen LogP contribution in [0.5, 0.6) is 0 Å². The van der Waals surface area contributed by atoms with Crippen molar-refractivity contribution in [3.63, 3.8) is 0 Å². The van der Waals surface area contributed by atoms with Gasteiger partial charge < -0.3 is 14.8 Å². The van der Waals surface area contributed by atoms with Gasteiger partial charge in [0.2, 0.25) is 0 Å². The molecule has 2 fully saturated rings. The molecule has 1 N–H and O–H groups in total. The first-order valence-corrected chi connectivity index (χ1v) is 14.2. The number of H-pyrrole nitrogens is 1. The number of nitrogens with one attached hydrogen (secondary N) is 1. The van der Waals surface area contributed by atoms with E-state index in [-0.39, 0.29) is 16.9 Å². The molecule has 2 aliphatic heterocycles. The summed E-state index contributed by atoms with van der Waals surface area (Å²) in [5, 5.41) is 1.11. The first kappa shape index (κ1) is 23.1. The molecule has 7 nitrogen and oxygen atoms in total. The highest BCUT2D eigenvalue weighted by Gasteiger charge is 2.37. The molecule has 2 atom stereocenters. The fraction of sp³-hybridized carbons (Fsp3) is 0.538. The summed E-state index contributed by atoms with van der Waals surface area (Å²) in [6.07, 6.45) is 13.4. The standard InChI is InChI=1S/C26H35N5O2S/c1-3-19(18-34(32,33)22-8-9-22)20-7-10-25(29-16-20)30(2)21-12-15-31(17-21)24-6-4-5-13-27-26-23(24)11-14-28-26/h5,7,10-11,13-14,16,19,21-22H,3-4,6,8-9,12,15,17-18H2,1-2H3,(H,27,28). The molecule has 1 saturated heterocycles. The fourth-order valence-electron chi connectivity index (χ4n) is 5.22. The zero-order chi connectivity index (χ0) is 23.7. The van der Waals surface area contributed by atoms with Crippen LogP contribution in [0.1, 0.15) is 56.9 Å². The normalized spacial score (nSPS) is 21.5. The molecule has 8 heteroatoms. The highest BCUT2D eigenvalue weighted by molar-refractivity contribution is 7.92. The molecule has 1 aliphatic carbocycles. The highest BCUT2D eigenvalue weighted by Crippen LogP contribution is 2.33. The lowest BCUT2D eigenvalue weighted by molar-refractivity contribution is 0.460. The van der Waals surface area contributed by atoms with Gasteiger partial charge in [0.15, 0.2) is 9.84 Å². The maximum absolute atomic E-state index is 12.5. The summed E-state index contributed by atoms with van der Waals surface area (Å²) in [4.78, 5) is 17.3. The maximum Gasteiger partial charge on any atom is 0.153 e. The molecular weight excluding hydrogens is 446 g/mol. The van der Waals surface area contributed by atoms with Gasteiger partial charge in [-0.1, -0.05) is 19.1 Å². The predicted octanol–water partition coefficient (Wildman–Crippen LogP) is 2.73. The number of hydrogen-bond donors (Lipinski definition) is 1. The molecule has 5 rings (SSSR count). The second-order valence-corrected chi connectivity index (χ2v) is 12.1. The Labute approximate surface area is 202 Å². The van der Waals surface area contributed by atoms with Crippen LogP contribution < -0.4 is 15.6 Å². The number of likely N-dealkylation sites (N-methyl/N-ethyl adjacent to an activating group) is 1. The van der Waals surface area contributed by atoms with Crippen molar-refractivity contribution in [2.75, 3.05) is 30.8 Å². The van der Waals surface area contributed by atoms with Crippen LogP contribution in [-0.2, 0) is 9.84 Å². The van der Waals surface area contributed by atoms with Crippen molar-refractivity contribution in [1.29, 1.82) is 0 Å². The Bertz CT molecular complexity index is 1260. The van der Waals surface area contributed by atoms with Gasteiger partial charge in [-0.2, -0.15) is 0 Å². The average Bonchev–Trinajstić information content (AvgIpc) is 3.44. The largest absolute Gasteiger partial charge is 0.372 e. The van der Waals surface area contributed by atoms with E-state index in [2.05, 4.69) is 58.0 Å². The molecule has 4 heterocycles. The first-order valence-electron chi connectivity index (χ1n) is 12.5. The van der Waals surface area contributed by atoms with Crippen molar-refractivity contribution in [1.82, 2.24) is 14.9 Å². The number of fused-ring (bicyclic) bond motifs is 1. The second kappa shape index (κ2) is 9.56. The van der Waals surface area contributed by atoms with Gasteiger partial charge in [0.05, 0.1) is 11.0 Å². The lowest BCUT2D eigenvalue weighted by atomic mass is 10.0. The number of pyridine rings is 1. The summed E-state index contributed by atoms with van der Waals surface area (Å²) < 4.78 is 25.0. The van der Waals surface area contributed by atoms with E-state index in [9.17, 15) is 8.42 Å². The molecule has 182 valence electrons. The third-order valence-corrected chi connectivity index (χ3v) is 9.90. The molecule has 0 aromatic carbocycles. The highest BCUT2D eigenvalue weighted by atomic mass is 32.2. The van der Waals surface area contributed by atoms with Crippen molar-refractivity contribution in [3.8, 4) is 0 Å². The van der Waals surface area contributed by atoms with Crippen molar-refractivity contribution in [2.45, 2.75) is 62.7 Å². The molecule has 0 bridgehead atoms. The van der Waals surface area contributed by atoms with Crippen LogP contribution in [-0.4, -0.2) is 60.5 Å². The molecule has 0 radical (unpaired) electrons. The number of nitrogens with zero attached hydrogens (tertiary/aromatic N) is 4. The van der Waals surface area contributed by atoms with Crippen molar-refractivity contribution >= 4 is 21.4 Å². The van der Waals surface area contributed by atoms with Gasteiger partial charge in [0.25, 0.3) is 0 Å². The van der Waals surface area contributed by atoms with Gasteiger partial charge in [-0.05, 0) is 62.1 Å². The zero-order valence-electron chi connectivity index (χ0n) is 20.2. The van der Waals surface area contributed by atoms with Crippen molar-refractivity contribution < 1.29 is 8.42 Å². The van der Waals surface area contributed by atoms with E-state index in [1.165, 1.54) is 10.9 Å². The number of aromatic amines is 1. The van der Waals surface area contributed by atoms with Gasteiger partial charge in [-0.15, -0.1) is 0 Å². The van der Waals surface area contributed by atoms with Gasteiger partial charge in [0.1, 0.15) is 11.3 Å². The van der Waals surface area contributed by atoms with Gasteiger partial charge in [-0.25, -0.2) is 18.4 Å². The third-order valence-electron chi connectivity index (χ3n) is 7.55. The summed E-state index contributed by atoms with van der Waals surface area (Å²) in [6.45, 7) is 4.04. The summed E-state index contributed by atoms with van der Waals surface area (Å²) in [7, 11) is -0.865. The Kier molecular flexibility index (Phi) is 6.51. The Morgan fingerprint density at radius 1 is 1.24 bits per heavy atom. The van der Waals surface area contributed by atoms with E-state index >= 15 is 0 Å². The number of rotatable bonds is 8. The Morgan fingerprint density at radius 3 is 2.82 bits per heavy atom. The van der Waals surface area contributed by atoms with E-state index in [1.807, 2.05) is 18.6 Å².